The van der Waals surface area contributed by atoms with Crippen LogP contribution in [0.5, 0.6) is 0 Å². The van der Waals surface area contributed by atoms with Crippen molar-refractivity contribution < 1.29 is 0 Å². The van der Waals surface area contributed by atoms with E-state index < -0.39 is 0 Å². The average Bonchev–Trinajstić information content (AvgIpc) is 2.49. The second kappa shape index (κ2) is 4.60. The van der Waals surface area contributed by atoms with Gasteiger partial charge in [0.25, 0.3) is 0 Å². The van der Waals surface area contributed by atoms with Crippen LogP contribution in [0.25, 0.3) is 0 Å². The Morgan fingerprint density at radius 2 is 1.80 bits per heavy atom. The number of halogens is 2. The fraction of sp³-hybridized carbons (Fsp3) is 0.455. The first-order chi connectivity index (χ1) is 7.13. The van der Waals surface area contributed by atoms with Crippen molar-refractivity contribution in [1.82, 2.24) is 0 Å². The fourth-order valence-electron chi connectivity index (χ4n) is 2.02. The Morgan fingerprint density at radius 3 is 2.33 bits per heavy atom. The minimum absolute atomic E-state index is 0.331. The fourth-order valence-corrected chi connectivity index (χ4v) is 2.55. The minimum Gasteiger partial charge on any atom is -0.382 e. The summed E-state index contributed by atoms with van der Waals surface area (Å²) in [6, 6.07) is 6.29. The van der Waals surface area contributed by atoms with Gasteiger partial charge in [0.2, 0.25) is 0 Å². The van der Waals surface area contributed by atoms with E-state index in [1.807, 2.05) is 12.1 Å². The van der Waals surface area contributed by atoms with Crippen molar-refractivity contribution in [1.29, 1.82) is 0 Å². The molecule has 2 rings (SSSR count). The van der Waals surface area contributed by atoms with E-state index in [0.717, 1.165) is 24.9 Å². The van der Waals surface area contributed by atoms with Gasteiger partial charge in [-0.15, -0.1) is 0 Å². The topological polar surface area (TPSA) is 38.0 Å². The molecule has 3 N–H and O–H groups in total. The highest BCUT2D eigenvalue weighted by atomic mass is 35.5. The normalized spacial score (nSPS) is 25.5. The van der Waals surface area contributed by atoms with Gasteiger partial charge < -0.3 is 11.1 Å². The molecule has 2 nitrogen and oxygen atoms in total. The summed E-state index contributed by atoms with van der Waals surface area (Å²) < 4.78 is 0. The molecule has 0 spiro atoms. The Bertz CT molecular complexity index is 334. The Balaban J connectivity index is 2.04. The van der Waals surface area contributed by atoms with Crippen LogP contribution in [0.4, 0.5) is 5.69 Å². The zero-order chi connectivity index (χ0) is 10.8. The lowest BCUT2D eigenvalue weighted by atomic mass is 10.2. The molecule has 0 heterocycles. The Kier molecular flexibility index (Phi) is 3.39. The molecule has 1 aromatic carbocycles. The lowest BCUT2D eigenvalue weighted by molar-refractivity contribution is 0.688. The first-order valence-electron chi connectivity index (χ1n) is 5.12. The molecular weight excluding hydrogens is 231 g/mol. The summed E-state index contributed by atoms with van der Waals surface area (Å²) in [6.07, 6.45) is 3.22. The standard InChI is InChI=1S/C11H14Cl2N2/c12-7-3-8(13)5-11(4-7)15-10-2-1-9(14)6-10/h3-5,9-10,15H,1-2,6,14H2. The van der Waals surface area contributed by atoms with Gasteiger partial charge in [-0.2, -0.15) is 0 Å². The summed E-state index contributed by atoms with van der Waals surface area (Å²) in [6.45, 7) is 0. The highest BCUT2D eigenvalue weighted by Gasteiger charge is 2.21. The zero-order valence-corrected chi connectivity index (χ0v) is 9.85. The van der Waals surface area contributed by atoms with Crippen molar-refractivity contribution in [2.24, 2.45) is 5.73 Å². The monoisotopic (exact) mass is 244 g/mol. The van der Waals surface area contributed by atoms with E-state index in [1.165, 1.54) is 0 Å². The van der Waals surface area contributed by atoms with E-state index in [4.69, 9.17) is 28.9 Å². The van der Waals surface area contributed by atoms with Gasteiger partial charge in [0.1, 0.15) is 0 Å². The second-order valence-corrected chi connectivity index (χ2v) is 4.95. The Labute approximate surface area is 99.7 Å². The van der Waals surface area contributed by atoms with E-state index in [2.05, 4.69) is 5.32 Å². The number of anilines is 1. The number of hydrogen-bond donors (Lipinski definition) is 2. The Hall–Kier alpha value is -0.440. The molecule has 1 saturated carbocycles. The number of hydrogen-bond acceptors (Lipinski definition) is 2. The molecule has 0 aliphatic heterocycles. The maximum atomic E-state index is 5.92. The molecule has 4 heteroatoms. The third-order valence-electron chi connectivity index (χ3n) is 2.71. The molecule has 0 radical (unpaired) electrons. The predicted molar refractivity (Wildman–Crippen MR) is 65.7 cm³/mol. The molecule has 1 aromatic rings. The third kappa shape index (κ3) is 3.00. The lowest BCUT2D eigenvalue weighted by Gasteiger charge is -2.14. The minimum atomic E-state index is 0.331. The highest BCUT2D eigenvalue weighted by Crippen LogP contribution is 2.26. The van der Waals surface area contributed by atoms with E-state index in [1.54, 1.807) is 6.07 Å². The molecule has 82 valence electrons. The van der Waals surface area contributed by atoms with E-state index in [0.29, 0.717) is 22.1 Å². The van der Waals surface area contributed by atoms with Crippen LogP contribution in [-0.2, 0) is 0 Å². The van der Waals surface area contributed by atoms with Gasteiger partial charge in [0, 0.05) is 27.8 Å². The number of nitrogens with two attached hydrogens (primary N) is 1. The molecule has 0 bridgehead atoms. The summed E-state index contributed by atoms with van der Waals surface area (Å²) >= 11 is 11.8. The van der Waals surface area contributed by atoms with E-state index in [9.17, 15) is 0 Å². The van der Waals surface area contributed by atoms with Crippen molar-refractivity contribution in [3.63, 3.8) is 0 Å². The smallest absolute Gasteiger partial charge is 0.0441 e. The maximum Gasteiger partial charge on any atom is 0.0441 e. The molecule has 1 aliphatic rings. The zero-order valence-electron chi connectivity index (χ0n) is 8.34. The largest absolute Gasteiger partial charge is 0.382 e. The van der Waals surface area contributed by atoms with Crippen LogP contribution in [0.1, 0.15) is 19.3 Å². The van der Waals surface area contributed by atoms with Gasteiger partial charge in [-0.25, -0.2) is 0 Å². The van der Waals surface area contributed by atoms with Gasteiger partial charge in [-0.05, 0) is 37.5 Å². The molecular formula is C11H14Cl2N2. The SMILES string of the molecule is NC1CCC(Nc2cc(Cl)cc(Cl)c2)C1. The van der Waals surface area contributed by atoms with E-state index in [-0.39, 0.29) is 0 Å². The van der Waals surface area contributed by atoms with Crippen molar-refractivity contribution in [3.05, 3.63) is 28.2 Å². The van der Waals surface area contributed by atoms with Crippen LogP contribution in [0, 0.1) is 0 Å². The van der Waals surface area contributed by atoms with Crippen LogP contribution in [0.3, 0.4) is 0 Å². The summed E-state index contributed by atoms with van der Waals surface area (Å²) in [5.41, 5.74) is 6.82. The first-order valence-corrected chi connectivity index (χ1v) is 5.87. The van der Waals surface area contributed by atoms with Crippen LogP contribution >= 0.6 is 23.2 Å². The molecule has 2 atom stereocenters. The van der Waals surface area contributed by atoms with Crippen molar-refractivity contribution in [2.45, 2.75) is 31.3 Å². The summed E-state index contributed by atoms with van der Waals surface area (Å²) in [5, 5.41) is 4.72. The summed E-state index contributed by atoms with van der Waals surface area (Å²) in [7, 11) is 0. The van der Waals surface area contributed by atoms with Gasteiger partial charge in [-0.1, -0.05) is 23.2 Å². The highest BCUT2D eigenvalue weighted by molar-refractivity contribution is 6.35. The van der Waals surface area contributed by atoms with Crippen LogP contribution in [-0.4, -0.2) is 12.1 Å². The second-order valence-electron chi connectivity index (χ2n) is 4.07. The maximum absolute atomic E-state index is 5.92. The average molecular weight is 245 g/mol. The van der Waals surface area contributed by atoms with Gasteiger partial charge in [-0.3, -0.25) is 0 Å². The third-order valence-corrected chi connectivity index (χ3v) is 3.14. The van der Waals surface area contributed by atoms with Gasteiger partial charge >= 0.3 is 0 Å². The summed E-state index contributed by atoms with van der Waals surface area (Å²) in [5.74, 6) is 0. The molecule has 0 saturated heterocycles. The molecule has 0 amide bonds. The van der Waals surface area contributed by atoms with E-state index >= 15 is 0 Å². The number of benzene rings is 1. The number of rotatable bonds is 2. The molecule has 15 heavy (non-hydrogen) atoms. The van der Waals surface area contributed by atoms with Crippen molar-refractivity contribution in [2.75, 3.05) is 5.32 Å². The van der Waals surface area contributed by atoms with Crippen LogP contribution in [0.2, 0.25) is 10.0 Å². The Morgan fingerprint density at radius 1 is 1.13 bits per heavy atom. The molecule has 0 aromatic heterocycles. The van der Waals surface area contributed by atoms with Crippen LogP contribution < -0.4 is 11.1 Å². The van der Waals surface area contributed by atoms with Gasteiger partial charge in [0.05, 0.1) is 0 Å². The van der Waals surface area contributed by atoms with Crippen LogP contribution in [0.15, 0.2) is 18.2 Å². The predicted octanol–water partition coefficient (Wildman–Crippen LogP) is 3.29. The molecule has 2 unspecified atom stereocenters. The van der Waals surface area contributed by atoms with Crippen molar-refractivity contribution in [3.8, 4) is 0 Å². The summed E-state index contributed by atoms with van der Waals surface area (Å²) in [4.78, 5) is 0. The molecule has 1 aliphatic carbocycles. The lowest BCUT2D eigenvalue weighted by Crippen LogP contribution is -2.20. The van der Waals surface area contributed by atoms with Crippen molar-refractivity contribution >= 4 is 28.9 Å². The molecule has 1 fully saturated rings. The number of nitrogens with one attached hydrogen (secondary N) is 1. The first kappa shape index (κ1) is 11.1. The van der Waals surface area contributed by atoms with Gasteiger partial charge in [0.15, 0.2) is 0 Å². The quantitative estimate of drug-likeness (QED) is 0.839.